The minimum Gasteiger partial charge on any atom is -0.444 e. The lowest BCUT2D eigenvalue weighted by molar-refractivity contribution is -0.125. The van der Waals surface area contributed by atoms with Gasteiger partial charge in [0, 0.05) is 25.0 Å². The topological polar surface area (TPSA) is 99.7 Å². The van der Waals surface area contributed by atoms with Crippen LogP contribution in [0.25, 0.3) is 0 Å². The number of aliphatic hydroxyl groups is 1. The molecule has 4 atom stereocenters. The molecule has 4 N–H and O–H groups in total. The molecule has 1 saturated carbocycles. The largest absolute Gasteiger partial charge is 0.444 e. The molecular formula is C25H41N3O4. The molecule has 0 saturated heterocycles. The standard InChI is InChI=1S/C25H41N3O4/c1-5-6-15-26-23(30)20-13-10-14-21(20)27-17-19(16-18-11-8-7-9-12-18)22(29)28-24(31)32-25(2,3)4/h7-9,11-12,19-22,27,29H,5-6,10,13-17H2,1-4H3,(H,26,30)(H,28,31)/t19-,20?,21?,22+/m0/s1. The van der Waals surface area contributed by atoms with Crippen molar-refractivity contribution in [3.8, 4) is 0 Å². The molecule has 1 aromatic rings. The first-order valence-electron chi connectivity index (χ1n) is 11.9. The lowest BCUT2D eigenvalue weighted by Crippen LogP contribution is -2.49. The Morgan fingerprint density at radius 3 is 2.56 bits per heavy atom. The average Bonchev–Trinajstić information content (AvgIpc) is 3.19. The van der Waals surface area contributed by atoms with Gasteiger partial charge in [-0.15, -0.1) is 0 Å². The second-order valence-electron chi connectivity index (χ2n) is 9.74. The summed E-state index contributed by atoms with van der Waals surface area (Å²) in [6.45, 7) is 8.66. The number of alkyl carbamates (subject to hydrolysis) is 1. The lowest BCUT2D eigenvalue weighted by atomic mass is 9.96. The van der Waals surface area contributed by atoms with E-state index in [1.807, 2.05) is 30.3 Å². The van der Waals surface area contributed by atoms with Crippen molar-refractivity contribution in [2.24, 2.45) is 11.8 Å². The van der Waals surface area contributed by atoms with Crippen LogP contribution in [0.1, 0.15) is 65.4 Å². The van der Waals surface area contributed by atoms with E-state index in [2.05, 4.69) is 22.9 Å². The van der Waals surface area contributed by atoms with Crippen molar-refractivity contribution in [1.29, 1.82) is 0 Å². The fourth-order valence-electron chi connectivity index (χ4n) is 4.10. The quantitative estimate of drug-likeness (QED) is 0.308. The number of carbonyl (C=O) groups excluding carboxylic acids is 2. The summed E-state index contributed by atoms with van der Waals surface area (Å²) < 4.78 is 5.30. The number of rotatable bonds is 11. The van der Waals surface area contributed by atoms with Gasteiger partial charge in [-0.05, 0) is 52.0 Å². The summed E-state index contributed by atoms with van der Waals surface area (Å²) in [4.78, 5) is 24.8. The molecule has 0 spiro atoms. The number of hydrogen-bond acceptors (Lipinski definition) is 5. The lowest BCUT2D eigenvalue weighted by Gasteiger charge is -2.28. The summed E-state index contributed by atoms with van der Waals surface area (Å²) in [5.74, 6) is -0.213. The van der Waals surface area contributed by atoms with E-state index in [4.69, 9.17) is 4.74 Å². The van der Waals surface area contributed by atoms with Crippen LogP contribution in [0, 0.1) is 11.8 Å². The van der Waals surface area contributed by atoms with Gasteiger partial charge < -0.3 is 20.5 Å². The molecule has 1 aromatic carbocycles. The van der Waals surface area contributed by atoms with Gasteiger partial charge in [-0.25, -0.2) is 4.79 Å². The van der Waals surface area contributed by atoms with Crippen molar-refractivity contribution in [3.05, 3.63) is 35.9 Å². The van der Waals surface area contributed by atoms with Crippen molar-refractivity contribution in [1.82, 2.24) is 16.0 Å². The third kappa shape index (κ3) is 9.17. The van der Waals surface area contributed by atoms with Crippen molar-refractivity contribution in [3.63, 3.8) is 0 Å². The zero-order chi connectivity index (χ0) is 23.6. The predicted octanol–water partition coefficient (Wildman–Crippen LogP) is 3.36. The molecule has 0 bridgehead atoms. The van der Waals surface area contributed by atoms with Gasteiger partial charge in [0.15, 0.2) is 0 Å². The molecule has 7 nitrogen and oxygen atoms in total. The molecule has 0 aliphatic heterocycles. The molecule has 1 fully saturated rings. The van der Waals surface area contributed by atoms with Crippen LogP contribution >= 0.6 is 0 Å². The van der Waals surface area contributed by atoms with E-state index in [0.29, 0.717) is 19.5 Å². The van der Waals surface area contributed by atoms with Gasteiger partial charge in [0.05, 0.1) is 5.92 Å². The van der Waals surface area contributed by atoms with Crippen LogP contribution < -0.4 is 16.0 Å². The zero-order valence-corrected chi connectivity index (χ0v) is 20.0. The monoisotopic (exact) mass is 447 g/mol. The van der Waals surface area contributed by atoms with E-state index < -0.39 is 17.9 Å². The summed E-state index contributed by atoms with van der Waals surface area (Å²) in [5.41, 5.74) is 0.434. The molecule has 7 heteroatoms. The van der Waals surface area contributed by atoms with E-state index in [0.717, 1.165) is 37.7 Å². The Balaban J connectivity index is 1.99. The molecule has 2 amide bonds. The highest BCUT2D eigenvalue weighted by molar-refractivity contribution is 5.79. The Kier molecular flexibility index (Phi) is 10.5. The number of ether oxygens (including phenoxy) is 1. The molecule has 0 aromatic heterocycles. The number of unbranched alkanes of at least 4 members (excludes halogenated alkanes) is 1. The summed E-state index contributed by atoms with van der Waals surface area (Å²) >= 11 is 0. The molecule has 2 unspecified atom stereocenters. The zero-order valence-electron chi connectivity index (χ0n) is 20.0. The van der Waals surface area contributed by atoms with Crippen LogP contribution in [0.4, 0.5) is 4.79 Å². The number of benzene rings is 1. The highest BCUT2D eigenvalue weighted by atomic mass is 16.6. The van der Waals surface area contributed by atoms with Gasteiger partial charge in [-0.1, -0.05) is 50.1 Å². The average molecular weight is 448 g/mol. The van der Waals surface area contributed by atoms with Gasteiger partial charge in [0.25, 0.3) is 0 Å². The summed E-state index contributed by atoms with van der Waals surface area (Å²) in [5, 5.41) is 19.9. The maximum Gasteiger partial charge on any atom is 0.409 e. The van der Waals surface area contributed by atoms with Crippen LogP contribution in [0.3, 0.4) is 0 Å². The Hall–Kier alpha value is -2.12. The summed E-state index contributed by atoms with van der Waals surface area (Å²) in [7, 11) is 0. The SMILES string of the molecule is CCCCNC(=O)C1CCCC1NC[C@H](Cc1ccccc1)[C@@H](O)NC(=O)OC(C)(C)C. The second-order valence-corrected chi connectivity index (χ2v) is 9.74. The highest BCUT2D eigenvalue weighted by Gasteiger charge is 2.34. The van der Waals surface area contributed by atoms with Crippen molar-refractivity contribution in [2.75, 3.05) is 13.1 Å². The first-order valence-corrected chi connectivity index (χ1v) is 11.9. The minimum atomic E-state index is -1.07. The van der Waals surface area contributed by atoms with Gasteiger partial charge in [0.2, 0.25) is 5.91 Å². The summed E-state index contributed by atoms with van der Waals surface area (Å²) in [6.07, 6.45) is 3.72. The number of carbonyl (C=O) groups is 2. The fourth-order valence-corrected chi connectivity index (χ4v) is 4.10. The van der Waals surface area contributed by atoms with Crippen molar-refractivity contribution < 1.29 is 19.4 Å². The number of amides is 2. The number of hydrogen-bond donors (Lipinski definition) is 4. The van der Waals surface area contributed by atoms with Crippen molar-refractivity contribution in [2.45, 2.75) is 84.1 Å². The van der Waals surface area contributed by atoms with Crippen LogP contribution in [0.5, 0.6) is 0 Å². The molecule has 1 aliphatic rings. The predicted molar refractivity (Wildman–Crippen MR) is 126 cm³/mol. The molecule has 180 valence electrons. The van der Waals surface area contributed by atoms with Gasteiger partial charge in [-0.3, -0.25) is 10.1 Å². The normalized spacial score (nSPS) is 20.4. The highest BCUT2D eigenvalue weighted by Crippen LogP contribution is 2.26. The van der Waals surface area contributed by atoms with E-state index in [-0.39, 0.29) is 23.8 Å². The molecular weight excluding hydrogens is 406 g/mol. The third-order valence-electron chi connectivity index (χ3n) is 5.78. The Morgan fingerprint density at radius 2 is 1.91 bits per heavy atom. The molecule has 0 heterocycles. The fraction of sp³-hybridized carbons (Fsp3) is 0.680. The van der Waals surface area contributed by atoms with E-state index >= 15 is 0 Å². The van der Waals surface area contributed by atoms with Crippen molar-refractivity contribution >= 4 is 12.0 Å². The molecule has 0 radical (unpaired) electrons. The van der Waals surface area contributed by atoms with Gasteiger partial charge >= 0.3 is 6.09 Å². The van der Waals surface area contributed by atoms with Crippen LogP contribution in [0.15, 0.2) is 30.3 Å². The second kappa shape index (κ2) is 12.8. The Labute approximate surface area is 192 Å². The first kappa shape index (κ1) is 26.1. The maximum atomic E-state index is 12.6. The smallest absolute Gasteiger partial charge is 0.409 e. The minimum absolute atomic E-state index is 0.0554. The van der Waals surface area contributed by atoms with Crippen LogP contribution in [-0.4, -0.2) is 48.1 Å². The molecule has 2 rings (SSSR count). The van der Waals surface area contributed by atoms with Crippen LogP contribution in [-0.2, 0) is 16.0 Å². The summed E-state index contributed by atoms with van der Waals surface area (Å²) in [6, 6.07) is 9.96. The third-order valence-corrected chi connectivity index (χ3v) is 5.78. The Morgan fingerprint density at radius 1 is 1.19 bits per heavy atom. The van der Waals surface area contributed by atoms with E-state index in [1.54, 1.807) is 20.8 Å². The van der Waals surface area contributed by atoms with E-state index in [1.165, 1.54) is 0 Å². The Bertz CT molecular complexity index is 705. The first-order chi connectivity index (χ1) is 15.2. The van der Waals surface area contributed by atoms with Gasteiger partial charge in [-0.2, -0.15) is 0 Å². The molecule has 1 aliphatic carbocycles. The maximum absolute atomic E-state index is 12.6. The van der Waals surface area contributed by atoms with Gasteiger partial charge in [0.1, 0.15) is 11.8 Å². The molecule has 32 heavy (non-hydrogen) atoms. The number of nitrogens with one attached hydrogen (secondary N) is 3. The number of aliphatic hydroxyl groups excluding tert-OH is 1. The van der Waals surface area contributed by atoms with E-state index in [9.17, 15) is 14.7 Å². The van der Waals surface area contributed by atoms with Crippen LogP contribution in [0.2, 0.25) is 0 Å².